The molecule has 0 saturated carbocycles. The summed E-state index contributed by atoms with van der Waals surface area (Å²) in [6.45, 7) is 3.01. The van der Waals surface area contributed by atoms with Crippen LogP contribution in [-0.2, 0) is 0 Å². The largest absolute Gasteiger partial charge is 0.397 e. The fourth-order valence-corrected chi connectivity index (χ4v) is 3.55. The third-order valence-corrected chi connectivity index (χ3v) is 4.90. The van der Waals surface area contributed by atoms with Crippen LogP contribution in [0.25, 0.3) is 10.2 Å². The molecule has 2 aromatic rings. The van der Waals surface area contributed by atoms with E-state index in [2.05, 4.69) is 10.2 Å². The first-order chi connectivity index (χ1) is 9.58. The fraction of sp³-hybridized carbons (Fsp3) is 0.462. The second kappa shape index (κ2) is 4.99. The molecule has 1 amide bonds. The van der Waals surface area contributed by atoms with Gasteiger partial charge in [0.1, 0.15) is 9.71 Å². The number of thiophene rings is 1. The summed E-state index contributed by atoms with van der Waals surface area (Å²) in [5.41, 5.74) is 6.52. The number of nitrogens with two attached hydrogens (primary N) is 1. The monoisotopic (exact) mass is 292 g/mol. The number of nitrogen functional groups attached to an aromatic ring is 1. The summed E-state index contributed by atoms with van der Waals surface area (Å²) in [6, 6.07) is 1.77. The van der Waals surface area contributed by atoms with Crippen molar-refractivity contribution in [3.8, 4) is 0 Å². The maximum Gasteiger partial charge on any atom is 0.266 e. The molecule has 0 spiro atoms. The zero-order valence-electron chi connectivity index (χ0n) is 11.1. The minimum absolute atomic E-state index is 0.0753. The maximum absolute atomic E-state index is 12.5. The summed E-state index contributed by atoms with van der Waals surface area (Å²) >= 11 is 1.28. The molecule has 0 radical (unpaired) electrons. The summed E-state index contributed by atoms with van der Waals surface area (Å²) in [6.07, 6.45) is 2.01. The number of hydrogen-bond donors (Lipinski definition) is 2. The molecule has 1 fully saturated rings. The molecular formula is C13H16N4O2S. The van der Waals surface area contributed by atoms with Crippen molar-refractivity contribution < 1.29 is 9.90 Å². The summed E-state index contributed by atoms with van der Waals surface area (Å²) in [5.74, 6) is 0.0722. The molecule has 6 nitrogen and oxygen atoms in total. The Morgan fingerprint density at radius 3 is 3.10 bits per heavy atom. The predicted octanol–water partition coefficient (Wildman–Crippen LogP) is 1.12. The molecule has 2 aromatic heterocycles. The van der Waals surface area contributed by atoms with E-state index in [4.69, 9.17) is 5.73 Å². The number of nitrogens with zero attached hydrogens (tertiary/aromatic N) is 3. The van der Waals surface area contributed by atoms with Gasteiger partial charge in [-0.1, -0.05) is 0 Å². The molecule has 3 heterocycles. The van der Waals surface area contributed by atoms with Gasteiger partial charge >= 0.3 is 0 Å². The quantitative estimate of drug-likeness (QED) is 0.865. The van der Waals surface area contributed by atoms with Crippen LogP contribution in [0.4, 0.5) is 5.69 Å². The summed E-state index contributed by atoms with van der Waals surface area (Å²) < 4.78 is 0. The Morgan fingerprint density at radius 2 is 2.45 bits per heavy atom. The maximum atomic E-state index is 12.5. The molecule has 20 heavy (non-hydrogen) atoms. The fourth-order valence-electron chi connectivity index (χ4n) is 2.54. The Bertz CT molecular complexity index is 655. The highest BCUT2D eigenvalue weighted by molar-refractivity contribution is 7.21. The van der Waals surface area contributed by atoms with Gasteiger partial charge in [0, 0.05) is 24.4 Å². The molecule has 0 aromatic carbocycles. The van der Waals surface area contributed by atoms with E-state index in [0.717, 1.165) is 11.8 Å². The number of aliphatic hydroxyl groups is 1. The van der Waals surface area contributed by atoms with E-state index in [1.165, 1.54) is 11.3 Å². The normalized spacial score (nSPS) is 20.5. The molecule has 0 bridgehead atoms. The van der Waals surface area contributed by atoms with Gasteiger partial charge in [-0.25, -0.2) is 0 Å². The number of rotatable bonds is 2. The van der Waals surface area contributed by atoms with Crippen molar-refractivity contribution in [1.29, 1.82) is 0 Å². The molecule has 2 unspecified atom stereocenters. The zero-order valence-corrected chi connectivity index (χ0v) is 11.9. The van der Waals surface area contributed by atoms with Gasteiger partial charge in [-0.15, -0.1) is 16.4 Å². The van der Waals surface area contributed by atoms with Crippen molar-refractivity contribution in [2.75, 3.05) is 18.8 Å². The lowest BCUT2D eigenvalue weighted by molar-refractivity contribution is 0.0768. The van der Waals surface area contributed by atoms with Gasteiger partial charge in [-0.3, -0.25) is 4.79 Å². The van der Waals surface area contributed by atoms with Crippen LogP contribution in [0, 0.1) is 5.92 Å². The molecule has 106 valence electrons. The lowest BCUT2D eigenvalue weighted by atomic mass is 10.0. The number of fused-ring (bicyclic) bond motifs is 1. The van der Waals surface area contributed by atoms with E-state index >= 15 is 0 Å². The lowest BCUT2D eigenvalue weighted by Crippen LogP contribution is -2.30. The van der Waals surface area contributed by atoms with Crippen molar-refractivity contribution in [3.63, 3.8) is 0 Å². The number of aromatic nitrogens is 2. The lowest BCUT2D eigenvalue weighted by Gasteiger charge is -2.17. The van der Waals surface area contributed by atoms with E-state index in [9.17, 15) is 9.90 Å². The molecule has 1 saturated heterocycles. The molecule has 2 atom stereocenters. The number of likely N-dealkylation sites (tertiary alicyclic amines) is 1. The number of carbonyl (C=O) groups is 1. The van der Waals surface area contributed by atoms with Crippen LogP contribution in [0.3, 0.4) is 0 Å². The highest BCUT2D eigenvalue weighted by atomic mass is 32.1. The van der Waals surface area contributed by atoms with Crippen LogP contribution in [-0.4, -0.2) is 45.3 Å². The highest BCUT2D eigenvalue weighted by Crippen LogP contribution is 2.33. The van der Waals surface area contributed by atoms with Gasteiger partial charge in [0.15, 0.2) is 0 Å². The zero-order chi connectivity index (χ0) is 14.3. The first-order valence-electron chi connectivity index (χ1n) is 6.55. The second-order valence-corrected chi connectivity index (χ2v) is 6.13. The van der Waals surface area contributed by atoms with Gasteiger partial charge in [0.2, 0.25) is 0 Å². The smallest absolute Gasteiger partial charge is 0.266 e. The van der Waals surface area contributed by atoms with Crippen LogP contribution < -0.4 is 5.73 Å². The molecule has 1 aliphatic heterocycles. The van der Waals surface area contributed by atoms with Crippen molar-refractivity contribution >= 4 is 33.1 Å². The van der Waals surface area contributed by atoms with Gasteiger partial charge in [-0.2, -0.15) is 5.10 Å². The van der Waals surface area contributed by atoms with Gasteiger partial charge in [-0.05, 0) is 19.4 Å². The Labute approximate surface area is 120 Å². The number of aliphatic hydroxyl groups excluding tert-OH is 1. The van der Waals surface area contributed by atoms with Gasteiger partial charge < -0.3 is 15.7 Å². The highest BCUT2D eigenvalue weighted by Gasteiger charge is 2.31. The minimum Gasteiger partial charge on any atom is -0.397 e. The van der Waals surface area contributed by atoms with Crippen LogP contribution in [0.5, 0.6) is 0 Å². The average molecular weight is 292 g/mol. The minimum atomic E-state index is -0.390. The van der Waals surface area contributed by atoms with Crippen molar-refractivity contribution in [3.05, 3.63) is 17.1 Å². The SMILES string of the molecule is CC(O)C1CCN(C(=O)c2sc3nnccc3c2N)C1. The number of hydrogen-bond acceptors (Lipinski definition) is 6. The molecular weight excluding hydrogens is 276 g/mol. The Kier molecular flexibility index (Phi) is 3.31. The third-order valence-electron chi connectivity index (χ3n) is 3.81. The van der Waals surface area contributed by atoms with Crippen LogP contribution in [0.1, 0.15) is 23.0 Å². The summed E-state index contributed by atoms with van der Waals surface area (Å²) in [5, 5.41) is 18.2. The number of carbonyl (C=O) groups excluding carboxylic acids is 1. The third kappa shape index (κ3) is 2.12. The summed E-state index contributed by atoms with van der Waals surface area (Å²) in [4.78, 5) is 15.5. The molecule has 7 heteroatoms. The van der Waals surface area contributed by atoms with Crippen LogP contribution in [0.2, 0.25) is 0 Å². The van der Waals surface area contributed by atoms with Crippen LogP contribution in [0.15, 0.2) is 12.3 Å². The number of amides is 1. The van der Waals surface area contributed by atoms with E-state index < -0.39 is 6.10 Å². The first kappa shape index (κ1) is 13.3. The van der Waals surface area contributed by atoms with E-state index in [1.54, 1.807) is 24.1 Å². The van der Waals surface area contributed by atoms with Gasteiger partial charge in [0.05, 0.1) is 18.0 Å². The molecule has 3 N–H and O–H groups in total. The van der Waals surface area contributed by atoms with E-state index in [-0.39, 0.29) is 11.8 Å². The average Bonchev–Trinajstić information content (AvgIpc) is 3.04. The first-order valence-corrected chi connectivity index (χ1v) is 7.36. The van der Waals surface area contributed by atoms with Crippen molar-refractivity contribution in [1.82, 2.24) is 15.1 Å². The summed E-state index contributed by atoms with van der Waals surface area (Å²) in [7, 11) is 0. The predicted molar refractivity (Wildman–Crippen MR) is 77.5 cm³/mol. The molecule has 0 aliphatic carbocycles. The molecule has 1 aliphatic rings. The van der Waals surface area contributed by atoms with Crippen LogP contribution >= 0.6 is 11.3 Å². The van der Waals surface area contributed by atoms with Crippen molar-refractivity contribution in [2.45, 2.75) is 19.4 Å². The molecule has 3 rings (SSSR count). The second-order valence-electron chi connectivity index (χ2n) is 5.14. The van der Waals surface area contributed by atoms with Crippen molar-refractivity contribution in [2.24, 2.45) is 5.92 Å². The van der Waals surface area contributed by atoms with Gasteiger partial charge in [0.25, 0.3) is 5.91 Å². The Hall–Kier alpha value is -1.73. The standard InChI is InChI=1S/C13H16N4O2S/c1-7(18)8-3-5-17(6-8)13(19)11-10(14)9-2-4-15-16-12(9)20-11/h2,4,7-8,18H,3,5-6,14H2,1H3. The Balaban J connectivity index is 1.88. The topological polar surface area (TPSA) is 92.3 Å². The number of anilines is 1. The Morgan fingerprint density at radius 1 is 1.65 bits per heavy atom. The van der Waals surface area contributed by atoms with E-state index in [0.29, 0.717) is 28.5 Å². The van der Waals surface area contributed by atoms with E-state index in [1.807, 2.05) is 0 Å².